The van der Waals surface area contributed by atoms with Crippen LogP contribution in [0.5, 0.6) is 0 Å². The highest BCUT2D eigenvalue weighted by molar-refractivity contribution is 4.99. The minimum absolute atomic E-state index is 0.0567. The second kappa shape index (κ2) is 3.00. The fraction of sp³-hybridized carbons (Fsp3) is 1.00. The Kier molecular flexibility index (Phi) is 2.13. The van der Waals surface area contributed by atoms with Crippen molar-refractivity contribution in [1.82, 2.24) is 0 Å². The molecule has 0 amide bonds. The normalized spacial score (nSPS) is 46.5. The summed E-state index contributed by atoms with van der Waals surface area (Å²) < 4.78 is 5.64. The predicted molar refractivity (Wildman–Crippen MR) is 48.9 cm³/mol. The summed E-state index contributed by atoms with van der Waals surface area (Å²) in [5, 5.41) is 0. The zero-order chi connectivity index (χ0) is 8.60. The van der Waals surface area contributed by atoms with E-state index in [1.165, 1.54) is 32.1 Å². The summed E-state index contributed by atoms with van der Waals surface area (Å²) in [6, 6.07) is 0. The van der Waals surface area contributed by atoms with Gasteiger partial charge in [0.1, 0.15) is 0 Å². The number of hydrogen-bond donors (Lipinski definition) is 1. The molecule has 0 heterocycles. The van der Waals surface area contributed by atoms with Gasteiger partial charge in [-0.3, -0.25) is 0 Å². The SMILES string of the molecule is COC1(CN)CC2CCC1CC2. The quantitative estimate of drug-likeness (QED) is 0.680. The van der Waals surface area contributed by atoms with Crippen molar-refractivity contribution >= 4 is 0 Å². The van der Waals surface area contributed by atoms with Crippen LogP contribution in [0.2, 0.25) is 0 Å². The largest absolute Gasteiger partial charge is 0.377 e. The highest BCUT2D eigenvalue weighted by Gasteiger charge is 2.46. The standard InChI is InChI=1S/C10H19NO/c1-12-10(7-11)6-8-2-4-9(10)5-3-8/h8-9H,2-7,11H2,1H3. The van der Waals surface area contributed by atoms with E-state index in [-0.39, 0.29) is 5.60 Å². The molecule has 3 fully saturated rings. The first-order valence-corrected chi connectivity index (χ1v) is 5.06. The fourth-order valence-corrected chi connectivity index (χ4v) is 3.13. The molecule has 3 saturated carbocycles. The summed E-state index contributed by atoms with van der Waals surface area (Å²) in [6.45, 7) is 0.713. The van der Waals surface area contributed by atoms with Crippen molar-refractivity contribution in [3.8, 4) is 0 Å². The van der Waals surface area contributed by atoms with E-state index < -0.39 is 0 Å². The van der Waals surface area contributed by atoms with Gasteiger partial charge in [-0.1, -0.05) is 0 Å². The van der Waals surface area contributed by atoms with Crippen LogP contribution in [0.1, 0.15) is 32.1 Å². The smallest absolute Gasteiger partial charge is 0.0830 e. The van der Waals surface area contributed by atoms with Crippen LogP contribution < -0.4 is 5.73 Å². The number of hydrogen-bond acceptors (Lipinski definition) is 2. The summed E-state index contributed by atoms with van der Waals surface area (Å²) in [4.78, 5) is 0. The molecule has 2 heteroatoms. The van der Waals surface area contributed by atoms with Gasteiger partial charge in [-0.2, -0.15) is 0 Å². The van der Waals surface area contributed by atoms with Gasteiger partial charge in [-0.25, -0.2) is 0 Å². The maximum atomic E-state index is 5.81. The molecule has 12 heavy (non-hydrogen) atoms. The molecule has 0 aromatic rings. The Morgan fingerprint density at radius 1 is 1.33 bits per heavy atom. The Labute approximate surface area is 74.5 Å². The molecule has 3 aliphatic rings. The molecular weight excluding hydrogens is 150 g/mol. The van der Waals surface area contributed by atoms with Crippen molar-refractivity contribution in [1.29, 1.82) is 0 Å². The van der Waals surface area contributed by atoms with E-state index in [9.17, 15) is 0 Å². The molecule has 0 radical (unpaired) electrons. The Bertz CT molecular complexity index is 157. The third-order valence-corrected chi connectivity index (χ3v) is 3.98. The molecule has 0 aromatic heterocycles. The van der Waals surface area contributed by atoms with Gasteiger partial charge in [-0.05, 0) is 43.9 Å². The number of methoxy groups -OCH3 is 1. The van der Waals surface area contributed by atoms with Crippen LogP contribution >= 0.6 is 0 Å². The molecule has 1 unspecified atom stereocenters. The first-order valence-electron chi connectivity index (χ1n) is 5.06. The van der Waals surface area contributed by atoms with Crippen molar-refractivity contribution in [2.24, 2.45) is 17.6 Å². The van der Waals surface area contributed by atoms with Gasteiger partial charge in [-0.15, -0.1) is 0 Å². The topological polar surface area (TPSA) is 35.2 Å². The van der Waals surface area contributed by atoms with Crippen molar-refractivity contribution in [2.75, 3.05) is 13.7 Å². The fourth-order valence-electron chi connectivity index (χ4n) is 3.13. The average Bonchev–Trinajstić information content (AvgIpc) is 2.19. The van der Waals surface area contributed by atoms with E-state index >= 15 is 0 Å². The molecule has 2 bridgehead atoms. The van der Waals surface area contributed by atoms with Crippen LogP contribution in [0.15, 0.2) is 0 Å². The number of nitrogens with two attached hydrogens (primary N) is 1. The molecule has 2 N–H and O–H groups in total. The highest BCUT2D eigenvalue weighted by Crippen LogP contribution is 2.48. The number of rotatable bonds is 2. The van der Waals surface area contributed by atoms with Crippen LogP contribution in [0.25, 0.3) is 0 Å². The minimum Gasteiger partial charge on any atom is -0.377 e. The summed E-state index contributed by atoms with van der Waals surface area (Å²) in [7, 11) is 1.83. The van der Waals surface area contributed by atoms with E-state index in [1.54, 1.807) is 0 Å². The van der Waals surface area contributed by atoms with Gasteiger partial charge in [0, 0.05) is 13.7 Å². The molecule has 1 atom stereocenters. The van der Waals surface area contributed by atoms with Gasteiger partial charge in [0.2, 0.25) is 0 Å². The summed E-state index contributed by atoms with van der Waals surface area (Å²) in [5.74, 6) is 1.65. The second-order valence-electron chi connectivity index (χ2n) is 4.39. The van der Waals surface area contributed by atoms with E-state index in [0.29, 0.717) is 6.54 Å². The third kappa shape index (κ3) is 1.09. The molecule has 0 aromatic carbocycles. The number of ether oxygens (including phenoxy) is 1. The first-order chi connectivity index (χ1) is 5.80. The van der Waals surface area contributed by atoms with Gasteiger partial charge >= 0.3 is 0 Å². The van der Waals surface area contributed by atoms with Crippen molar-refractivity contribution in [3.05, 3.63) is 0 Å². The van der Waals surface area contributed by atoms with Gasteiger partial charge < -0.3 is 10.5 Å². The lowest BCUT2D eigenvalue weighted by molar-refractivity contribution is -0.117. The van der Waals surface area contributed by atoms with Crippen molar-refractivity contribution in [3.63, 3.8) is 0 Å². The van der Waals surface area contributed by atoms with E-state index in [2.05, 4.69) is 0 Å². The average molecular weight is 169 g/mol. The molecule has 3 rings (SSSR count). The zero-order valence-corrected chi connectivity index (χ0v) is 7.88. The second-order valence-corrected chi connectivity index (χ2v) is 4.39. The Hall–Kier alpha value is -0.0800. The van der Waals surface area contributed by atoms with Crippen LogP contribution in [0.4, 0.5) is 0 Å². The van der Waals surface area contributed by atoms with Gasteiger partial charge in [0.05, 0.1) is 5.60 Å². The van der Waals surface area contributed by atoms with Gasteiger partial charge in [0.15, 0.2) is 0 Å². The predicted octanol–water partition coefficient (Wildman–Crippen LogP) is 1.54. The lowest BCUT2D eigenvalue weighted by Gasteiger charge is -2.50. The highest BCUT2D eigenvalue weighted by atomic mass is 16.5. The van der Waals surface area contributed by atoms with E-state index in [1.807, 2.05) is 7.11 Å². The van der Waals surface area contributed by atoms with Crippen LogP contribution in [-0.2, 0) is 4.74 Å². The molecular formula is C10H19NO. The third-order valence-electron chi connectivity index (χ3n) is 3.98. The molecule has 2 nitrogen and oxygen atoms in total. The van der Waals surface area contributed by atoms with E-state index in [0.717, 1.165) is 11.8 Å². The minimum atomic E-state index is 0.0567. The van der Waals surface area contributed by atoms with Crippen LogP contribution in [0, 0.1) is 11.8 Å². The molecule has 0 saturated heterocycles. The van der Waals surface area contributed by atoms with Crippen LogP contribution in [0.3, 0.4) is 0 Å². The molecule has 70 valence electrons. The van der Waals surface area contributed by atoms with Crippen LogP contribution in [-0.4, -0.2) is 19.3 Å². The van der Waals surface area contributed by atoms with Crippen molar-refractivity contribution < 1.29 is 4.74 Å². The Morgan fingerprint density at radius 3 is 2.25 bits per heavy atom. The molecule has 3 aliphatic carbocycles. The Morgan fingerprint density at radius 2 is 2.00 bits per heavy atom. The Balaban J connectivity index is 2.15. The molecule has 0 spiro atoms. The lowest BCUT2D eigenvalue weighted by Crippen LogP contribution is -2.53. The zero-order valence-electron chi connectivity index (χ0n) is 7.88. The maximum absolute atomic E-state index is 5.81. The summed E-state index contributed by atoms with van der Waals surface area (Å²) in [6.07, 6.45) is 6.72. The van der Waals surface area contributed by atoms with Gasteiger partial charge in [0.25, 0.3) is 0 Å². The maximum Gasteiger partial charge on any atom is 0.0830 e. The lowest BCUT2D eigenvalue weighted by atomic mass is 9.62. The summed E-state index contributed by atoms with van der Waals surface area (Å²) >= 11 is 0. The number of fused-ring (bicyclic) bond motifs is 3. The first kappa shape index (κ1) is 8.52. The van der Waals surface area contributed by atoms with E-state index in [4.69, 9.17) is 10.5 Å². The van der Waals surface area contributed by atoms with Crippen molar-refractivity contribution in [2.45, 2.75) is 37.7 Å². The monoisotopic (exact) mass is 169 g/mol. The summed E-state index contributed by atoms with van der Waals surface area (Å²) in [5.41, 5.74) is 5.87. The molecule has 0 aliphatic heterocycles.